The number of nitrogens with zero attached hydrogens (tertiary/aromatic N) is 5. The van der Waals surface area contributed by atoms with Crippen molar-refractivity contribution in [1.82, 2.24) is 24.1 Å². The van der Waals surface area contributed by atoms with Crippen LogP contribution in [-0.2, 0) is 0 Å². The van der Waals surface area contributed by atoms with Crippen LogP contribution in [0.2, 0.25) is 0 Å². The summed E-state index contributed by atoms with van der Waals surface area (Å²) in [6.45, 7) is 0. The standard InChI is InChI=1S/C29H19N5/c1-2-10-20(11-3-1)33-18-23-25(19-33)31-29(32-28(23)24-14-8-9-17-30-24)34-26-15-6-4-12-21(26)22-13-5-7-16-27(22)34/h1-19H. The predicted octanol–water partition coefficient (Wildman–Crippen LogP) is 6.58. The van der Waals surface area contributed by atoms with Crippen LogP contribution in [-0.4, -0.2) is 24.1 Å². The molecule has 0 atom stereocenters. The van der Waals surface area contributed by atoms with E-state index in [0.717, 1.165) is 39.0 Å². The van der Waals surface area contributed by atoms with Gasteiger partial charge in [0, 0.05) is 40.4 Å². The first-order chi connectivity index (χ1) is 16.9. The monoisotopic (exact) mass is 437 g/mol. The van der Waals surface area contributed by atoms with Gasteiger partial charge in [0.1, 0.15) is 5.69 Å². The third kappa shape index (κ3) is 2.84. The average molecular weight is 438 g/mol. The molecule has 5 nitrogen and oxygen atoms in total. The summed E-state index contributed by atoms with van der Waals surface area (Å²) in [4.78, 5) is 14.8. The number of fused-ring (bicyclic) bond motifs is 4. The van der Waals surface area contributed by atoms with Crippen LogP contribution in [0, 0.1) is 0 Å². The van der Waals surface area contributed by atoms with Crippen molar-refractivity contribution in [3.63, 3.8) is 0 Å². The van der Waals surface area contributed by atoms with Gasteiger partial charge in [-0.25, -0.2) is 9.97 Å². The number of benzene rings is 3. The second-order valence-electron chi connectivity index (χ2n) is 8.26. The summed E-state index contributed by atoms with van der Waals surface area (Å²) in [6, 6.07) is 33.0. The minimum atomic E-state index is 0.636. The molecule has 5 heteroatoms. The molecule has 0 N–H and O–H groups in total. The highest BCUT2D eigenvalue weighted by Gasteiger charge is 2.18. The Balaban J connectivity index is 1.57. The summed E-state index contributed by atoms with van der Waals surface area (Å²) in [5, 5.41) is 3.33. The van der Waals surface area contributed by atoms with Crippen molar-refractivity contribution >= 4 is 32.7 Å². The van der Waals surface area contributed by atoms with Crippen molar-refractivity contribution in [2.75, 3.05) is 0 Å². The van der Waals surface area contributed by atoms with Crippen LogP contribution in [0.15, 0.2) is 116 Å². The van der Waals surface area contributed by atoms with Crippen LogP contribution >= 0.6 is 0 Å². The highest BCUT2D eigenvalue weighted by atomic mass is 15.2. The number of aromatic nitrogens is 5. The Labute approximate surface area is 195 Å². The van der Waals surface area contributed by atoms with Crippen molar-refractivity contribution in [3.8, 4) is 23.0 Å². The van der Waals surface area contributed by atoms with Gasteiger partial charge >= 0.3 is 0 Å². The van der Waals surface area contributed by atoms with Crippen molar-refractivity contribution in [2.45, 2.75) is 0 Å². The van der Waals surface area contributed by atoms with E-state index in [1.165, 1.54) is 10.8 Å². The molecule has 0 aliphatic heterocycles. The van der Waals surface area contributed by atoms with Crippen LogP contribution in [0.1, 0.15) is 0 Å². The fourth-order valence-corrected chi connectivity index (χ4v) is 4.69. The molecular weight excluding hydrogens is 418 g/mol. The zero-order chi connectivity index (χ0) is 22.5. The molecule has 0 saturated heterocycles. The molecule has 0 amide bonds. The molecule has 160 valence electrons. The van der Waals surface area contributed by atoms with E-state index < -0.39 is 0 Å². The lowest BCUT2D eigenvalue weighted by molar-refractivity contribution is 1.01. The molecule has 0 fully saturated rings. The third-order valence-corrected chi connectivity index (χ3v) is 6.23. The minimum Gasteiger partial charge on any atom is -0.321 e. The van der Waals surface area contributed by atoms with Crippen molar-refractivity contribution in [2.24, 2.45) is 0 Å². The Morgan fingerprint density at radius 1 is 0.559 bits per heavy atom. The zero-order valence-corrected chi connectivity index (χ0v) is 18.2. The van der Waals surface area contributed by atoms with E-state index in [0.29, 0.717) is 5.95 Å². The summed E-state index contributed by atoms with van der Waals surface area (Å²) < 4.78 is 4.25. The third-order valence-electron chi connectivity index (χ3n) is 6.23. The van der Waals surface area contributed by atoms with E-state index in [1.54, 1.807) is 6.20 Å². The van der Waals surface area contributed by atoms with Gasteiger partial charge < -0.3 is 4.57 Å². The number of pyridine rings is 1. The van der Waals surface area contributed by atoms with Crippen LogP contribution < -0.4 is 0 Å². The molecule has 0 bridgehead atoms. The zero-order valence-electron chi connectivity index (χ0n) is 18.2. The molecule has 0 spiro atoms. The van der Waals surface area contributed by atoms with E-state index >= 15 is 0 Å². The topological polar surface area (TPSA) is 48.5 Å². The van der Waals surface area contributed by atoms with E-state index in [1.807, 2.05) is 36.4 Å². The van der Waals surface area contributed by atoms with Gasteiger partial charge in [-0.3, -0.25) is 9.55 Å². The van der Waals surface area contributed by atoms with Gasteiger partial charge in [0.05, 0.1) is 22.2 Å². The molecule has 0 saturated carbocycles. The van der Waals surface area contributed by atoms with Crippen LogP contribution in [0.4, 0.5) is 0 Å². The molecule has 4 heterocycles. The fraction of sp³-hybridized carbons (Fsp3) is 0. The second-order valence-corrected chi connectivity index (χ2v) is 8.26. The van der Waals surface area contributed by atoms with Crippen molar-refractivity contribution in [1.29, 1.82) is 0 Å². The molecule has 7 aromatic rings. The maximum atomic E-state index is 5.10. The quantitative estimate of drug-likeness (QED) is 0.314. The molecule has 4 aromatic heterocycles. The molecule has 0 unspecified atom stereocenters. The SMILES string of the molecule is c1ccc(-n2cc3nc(-n4c5ccccc5c5ccccc54)nc(-c4ccccn4)c3c2)cc1. The molecular formula is C29H19N5. The summed E-state index contributed by atoms with van der Waals surface area (Å²) in [5.41, 5.74) is 5.75. The Morgan fingerprint density at radius 3 is 1.94 bits per heavy atom. The first-order valence-corrected chi connectivity index (χ1v) is 11.2. The number of hydrogen-bond acceptors (Lipinski definition) is 3. The van der Waals surface area contributed by atoms with Crippen LogP contribution in [0.25, 0.3) is 55.7 Å². The Morgan fingerprint density at radius 2 is 1.24 bits per heavy atom. The van der Waals surface area contributed by atoms with Gasteiger partial charge in [-0.2, -0.15) is 0 Å². The van der Waals surface area contributed by atoms with E-state index in [2.05, 4.69) is 87.2 Å². The van der Waals surface area contributed by atoms with Gasteiger partial charge in [-0.1, -0.05) is 60.7 Å². The Bertz CT molecular complexity index is 1740. The summed E-state index contributed by atoms with van der Waals surface area (Å²) in [5.74, 6) is 0.636. The minimum absolute atomic E-state index is 0.636. The van der Waals surface area contributed by atoms with Gasteiger partial charge in [-0.15, -0.1) is 0 Å². The van der Waals surface area contributed by atoms with E-state index in [9.17, 15) is 0 Å². The summed E-state index contributed by atoms with van der Waals surface area (Å²) in [7, 11) is 0. The van der Waals surface area contributed by atoms with E-state index in [-0.39, 0.29) is 0 Å². The smallest absolute Gasteiger partial charge is 0.235 e. The fourth-order valence-electron chi connectivity index (χ4n) is 4.69. The maximum absolute atomic E-state index is 5.10. The lowest BCUT2D eigenvalue weighted by atomic mass is 10.2. The van der Waals surface area contributed by atoms with Gasteiger partial charge in [0.2, 0.25) is 5.95 Å². The number of hydrogen-bond donors (Lipinski definition) is 0. The van der Waals surface area contributed by atoms with Crippen LogP contribution in [0.3, 0.4) is 0 Å². The molecule has 3 aromatic carbocycles. The summed E-state index contributed by atoms with van der Waals surface area (Å²) in [6.07, 6.45) is 5.96. The lowest BCUT2D eigenvalue weighted by Gasteiger charge is -2.09. The highest BCUT2D eigenvalue weighted by Crippen LogP contribution is 2.33. The van der Waals surface area contributed by atoms with Crippen molar-refractivity contribution in [3.05, 3.63) is 116 Å². The normalized spacial score (nSPS) is 11.5. The van der Waals surface area contributed by atoms with Gasteiger partial charge in [0.25, 0.3) is 0 Å². The molecule has 7 rings (SSSR count). The lowest BCUT2D eigenvalue weighted by Crippen LogP contribution is -2.03. The average Bonchev–Trinajstić information content (AvgIpc) is 3.49. The Kier molecular flexibility index (Phi) is 4.08. The maximum Gasteiger partial charge on any atom is 0.235 e. The Hall–Kier alpha value is -4.77. The van der Waals surface area contributed by atoms with Gasteiger partial charge in [-0.05, 0) is 36.4 Å². The van der Waals surface area contributed by atoms with Gasteiger partial charge in [0.15, 0.2) is 0 Å². The number of rotatable bonds is 3. The molecule has 0 radical (unpaired) electrons. The molecule has 0 aliphatic rings. The predicted molar refractivity (Wildman–Crippen MR) is 136 cm³/mol. The largest absolute Gasteiger partial charge is 0.321 e. The number of para-hydroxylation sites is 3. The first-order valence-electron chi connectivity index (χ1n) is 11.2. The highest BCUT2D eigenvalue weighted by molar-refractivity contribution is 6.09. The van der Waals surface area contributed by atoms with Crippen molar-refractivity contribution < 1.29 is 0 Å². The molecule has 34 heavy (non-hydrogen) atoms. The molecule has 0 aliphatic carbocycles. The second kappa shape index (κ2) is 7.39. The van der Waals surface area contributed by atoms with Crippen LogP contribution in [0.5, 0.6) is 0 Å². The summed E-state index contributed by atoms with van der Waals surface area (Å²) >= 11 is 0. The first kappa shape index (κ1) is 18.8. The van der Waals surface area contributed by atoms with E-state index in [4.69, 9.17) is 9.97 Å².